The molecule has 4 nitrogen and oxygen atoms in total. The summed E-state index contributed by atoms with van der Waals surface area (Å²) in [7, 11) is 0. The summed E-state index contributed by atoms with van der Waals surface area (Å²) in [4.78, 5) is 25.8. The normalized spacial score (nSPS) is 18.1. The van der Waals surface area contributed by atoms with Gasteiger partial charge in [-0.25, -0.2) is 0 Å². The fraction of sp³-hybridized carbons (Fsp3) is 0.600. The largest absolute Gasteiger partial charge is 0.354 e. The number of carbonyl (C=O) groups is 2. The standard InChI is InChI=1S/C15H22N2O2S/c1-3-13(17-7-4-5-14(17)18)15(19)16-9-11(2)12-6-8-20-10-12/h6,8,10-11,13H,3-5,7,9H2,1-2H3,(H,16,19). The van der Waals surface area contributed by atoms with Gasteiger partial charge in [0.2, 0.25) is 11.8 Å². The van der Waals surface area contributed by atoms with Crippen molar-refractivity contribution in [3.63, 3.8) is 0 Å². The molecule has 1 aliphatic rings. The third-order valence-corrected chi connectivity index (χ3v) is 4.57. The Morgan fingerprint density at radius 2 is 2.35 bits per heavy atom. The summed E-state index contributed by atoms with van der Waals surface area (Å²) in [5.74, 6) is 0.389. The van der Waals surface area contributed by atoms with Crippen molar-refractivity contribution in [2.75, 3.05) is 13.1 Å². The third-order valence-electron chi connectivity index (χ3n) is 3.87. The highest BCUT2D eigenvalue weighted by Gasteiger charge is 2.31. The van der Waals surface area contributed by atoms with Gasteiger partial charge >= 0.3 is 0 Å². The summed E-state index contributed by atoms with van der Waals surface area (Å²) in [6, 6.07) is 1.78. The monoisotopic (exact) mass is 294 g/mol. The smallest absolute Gasteiger partial charge is 0.242 e. The molecule has 20 heavy (non-hydrogen) atoms. The number of carbonyl (C=O) groups excluding carboxylic acids is 2. The average Bonchev–Trinajstić information content (AvgIpc) is 3.09. The number of hydrogen-bond donors (Lipinski definition) is 1. The fourth-order valence-corrected chi connectivity index (χ4v) is 3.37. The number of likely N-dealkylation sites (tertiary alicyclic amines) is 1. The maximum Gasteiger partial charge on any atom is 0.242 e. The molecule has 0 radical (unpaired) electrons. The van der Waals surface area contributed by atoms with Crippen LogP contribution in [0.5, 0.6) is 0 Å². The second-order valence-corrected chi connectivity index (χ2v) is 6.10. The van der Waals surface area contributed by atoms with Gasteiger partial charge in [0.05, 0.1) is 0 Å². The van der Waals surface area contributed by atoms with Crippen molar-refractivity contribution in [1.29, 1.82) is 0 Å². The number of amides is 2. The van der Waals surface area contributed by atoms with Gasteiger partial charge in [0.25, 0.3) is 0 Å². The van der Waals surface area contributed by atoms with Crippen molar-refractivity contribution >= 4 is 23.2 Å². The van der Waals surface area contributed by atoms with E-state index in [1.807, 2.05) is 12.3 Å². The second-order valence-electron chi connectivity index (χ2n) is 5.32. The Balaban J connectivity index is 1.88. The number of hydrogen-bond acceptors (Lipinski definition) is 3. The highest BCUT2D eigenvalue weighted by molar-refractivity contribution is 7.07. The van der Waals surface area contributed by atoms with Crippen LogP contribution in [0, 0.1) is 0 Å². The number of rotatable bonds is 6. The second kappa shape index (κ2) is 6.88. The molecule has 2 rings (SSSR count). The van der Waals surface area contributed by atoms with Gasteiger partial charge in [-0.1, -0.05) is 13.8 Å². The first-order valence-corrected chi connectivity index (χ1v) is 8.17. The van der Waals surface area contributed by atoms with Crippen LogP contribution in [-0.4, -0.2) is 35.8 Å². The molecule has 2 atom stereocenters. The van der Waals surface area contributed by atoms with Crippen LogP contribution >= 0.6 is 11.3 Å². The van der Waals surface area contributed by atoms with E-state index in [0.29, 0.717) is 31.8 Å². The lowest BCUT2D eigenvalue weighted by Crippen LogP contribution is -2.47. The van der Waals surface area contributed by atoms with Gasteiger partial charge < -0.3 is 10.2 Å². The Labute approximate surface area is 124 Å². The Morgan fingerprint density at radius 1 is 1.55 bits per heavy atom. The Kier molecular flexibility index (Phi) is 5.17. The lowest BCUT2D eigenvalue weighted by Gasteiger charge is -2.26. The van der Waals surface area contributed by atoms with E-state index in [-0.39, 0.29) is 17.9 Å². The Morgan fingerprint density at radius 3 is 2.90 bits per heavy atom. The maximum absolute atomic E-state index is 12.3. The van der Waals surface area contributed by atoms with E-state index in [2.05, 4.69) is 23.7 Å². The van der Waals surface area contributed by atoms with E-state index in [1.54, 1.807) is 16.2 Å². The molecule has 0 aliphatic carbocycles. The maximum atomic E-state index is 12.3. The minimum absolute atomic E-state index is 0.0233. The first-order chi connectivity index (χ1) is 9.63. The van der Waals surface area contributed by atoms with Gasteiger partial charge in [-0.3, -0.25) is 9.59 Å². The summed E-state index contributed by atoms with van der Waals surface area (Å²) in [6.07, 6.45) is 2.12. The van der Waals surface area contributed by atoms with Gasteiger partial charge in [-0.2, -0.15) is 11.3 Å². The van der Waals surface area contributed by atoms with Crippen LogP contribution in [0.15, 0.2) is 16.8 Å². The van der Waals surface area contributed by atoms with Crippen LogP contribution in [0.3, 0.4) is 0 Å². The molecule has 0 aromatic carbocycles. The first-order valence-electron chi connectivity index (χ1n) is 7.22. The van der Waals surface area contributed by atoms with Crippen LogP contribution in [0.4, 0.5) is 0 Å². The van der Waals surface area contributed by atoms with E-state index in [0.717, 1.165) is 6.42 Å². The molecule has 2 heterocycles. The predicted octanol–water partition coefficient (Wildman–Crippen LogP) is 2.37. The number of thiophene rings is 1. The first kappa shape index (κ1) is 15.0. The molecule has 5 heteroatoms. The van der Waals surface area contributed by atoms with E-state index in [9.17, 15) is 9.59 Å². The summed E-state index contributed by atoms with van der Waals surface area (Å²) in [5, 5.41) is 7.15. The van der Waals surface area contributed by atoms with Gasteiger partial charge in [0.1, 0.15) is 6.04 Å². The van der Waals surface area contributed by atoms with Crippen LogP contribution in [-0.2, 0) is 9.59 Å². The summed E-state index contributed by atoms with van der Waals surface area (Å²) < 4.78 is 0. The van der Waals surface area contributed by atoms with Crippen molar-refractivity contribution in [3.05, 3.63) is 22.4 Å². The molecule has 1 aliphatic heterocycles. The fourth-order valence-electron chi connectivity index (χ4n) is 2.59. The summed E-state index contributed by atoms with van der Waals surface area (Å²) in [6.45, 7) is 5.39. The van der Waals surface area contributed by atoms with Crippen LogP contribution in [0.1, 0.15) is 44.6 Å². The van der Waals surface area contributed by atoms with E-state index in [1.165, 1.54) is 5.56 Å². The van der Waals surface area contributed by atoms with Gasteiger partial charge in [0.15, 0.2) is 0 Å². The molecular weight excluding hydrogens is 272 g/mol. The molecule has 1 fully saturated rings. The lowest BCUT2D eigenvalue weighted by atomic mass is 10.0. The van der Waals surface area contributed by atoms with E-state index < -0.39 is 0 Å². The average molecular weight is 294 g/mol. The number of nitrogens with zero attached hydrogens (tertiary/aromatic N) is 1. The minimum Gasteiger partial charge on any atom is -0.354 e. The minimum atomic E-state index is -0.306. The molecule has 0 bridgehead atoms. The summed E-state index contributed by atoms with van der Waals surface area (Å²) >= 11 is 1.67. The highest BCUT2D eigenvalue weighted by atomic mass is 32.1. The molecule has 1 saturated heterocycles. The Bertz CT molecular complexity index is 458. The molecule has 1 N–H and O–H groups in total. The zero-order valence-corrected chi connectivity index (χ0v) is 12.9. The van der Waals surface area contributed by atoms with Gasteiger partial charge in [0, 0.05) is 19.5 Å². The zero-order chi connectivity index (χ0) is 14.5. The molecule has 0 spiro atoms. The van der Waals surface area contributed by atoms with Crippen LogP contribution in [0.25, 0.3) is 0 Å². The molecular formula is C15H22N2O2S. The molecule has 2 unspecified atom stereocenters. The van der Waals surface area contributed by atoms with Crippen LogP contribution < -0.4 is 5.32 Å². The predicted molar refractivity (Wildman–Crippen MR) is 80.8 cm³/mol. The van der Waals surface area contributed by atoms with E-state index in [4.69, 9.17) is 0 Å². The SMILES string of the molecule is CCC(C(=O)NCC(C)c1ccsc1)N1CCCC1=O. The highest BCUT2D eigenvalue weighted by Crippen LogP contribution is 2.18. The van der Waals surface area contributed by atoms with Gasteiger partial charge in [-0.05, 0) is 41.1 Å². The van der Waals surface area contributed by atoms with Crippen molar-refractivity contribution in [3.8, 4) is 0 Å². The van der Waals surface area contributed by atoms with Crippen molar-refractivity contribution < 1.29 is 9.59 Å². The topological polar surface area (TPSA) is 49.4 Å². The molecule has 1 aromatic rings. The van der Waals surface area contributed by atoms with Crippen LogP contribution in [0.2, 0.25) is 0 Å². The molecule has 110 valence electrons. The molecule has 1 aromatic heterocycles. The Hall–Kier alpha value is -1.36. The summed E-state index contributed by atoms with van der Waals surface area (Å²) in [5.41, 5.74) is 1.25. The molecule has 0 saturated carbocycles. The van der Waals surface area contributed by atoms with Gasteiger partial charge in [-0.15, -0.1) is 0 Å². The third kappa shape index (κ3) is 3.39. The number of nitrogens with one attached hydrogen (secondary N) is 1. The van der Waals surface area contributed by atoms with Crippen molar-refractivity contribution in [2.24, 2.45) is 0 Å². The van der Waals surface area contributed by atoms with Crippen molar-refractivity contribution in [2.45, 2.75) is 45.1 Å². The zero-order valence-electron chi connectivity index (χ0n) is 12.1. The van der Waals surface area contributed by atoms with E-state index >= 15 is 0 Å². The lowest BCUT2D eigenvalue weighted by molar-refractivity contribution is -0.137. The quantitative estimate of drug-likeness (QED) is 0.875. The van der Waals surface area contributed by atoms with Crippen molar-refractivity contribution in [1.82, 2.24) is 10.2 Å². The molecule has 2 amide bonds.